The number of thiazole rings is 1. The van der Waals surface area contributed by atoms with Gasteiger partial charge in [0, 0.05) is 34.5 Å². The average molecular weight is 586 g/mol. The fourth-order valence-electron chi connectivity index (χ4n) is 4.42. The van der Waals surface area contributed by atoms with Crippen LogP contribution >= 0.6 is 23.1 Å². The highest BCUT2D eigenvalue weighted by Crippen LogP contribution is 2.41. The van der Waals surface area contributed by atoms with Gasteiger partial charge in [-0.25, -0.2) is 9.78 Å². The van der Waals surface area contributed by atoms with E-state index in [0.29, 0.717) is 33.9 Å². The first kappa shape index (κ1) is 27.0. The van der Waals surface area contributed by atoms with Crippen molar-refractivity contribution in [1.29, 1.82) is 0 Å². The number of hydrogen-bond donors (Lipinski definition) is 2. The highest BCUT2D eigenvalue weighted by molar-refractivity contribution is 7.99. The van der Waals surface area contributed by atoms with Crippen LogP contribution in [0, 0.1) is 0 Å². The third-order valence-electron chi connectivity index (χ3n) is 6.75. The molecule has 41 heavy (non-hydrogen) atoms. The highest BCUT2D eigenvalue weighted by Gasteiger charge is 2.44. The van der Waals surface area contributed by atoms with Crippen molar-refractivity contribution in [2.24, 2.45) is 0 Å². The lowest BCUT2D eigenvalue weighted by atomic mass is 10.1. The van der Waals surface area contributed by atoms with E-state index in [1.165, 1.54) is 28.0 Å². The Morgan fingerprint density at radius 1 is 0.976 bits per heavy atom. The Bertz CT molecular complexity index is 1530. The molecule has 1 aliphatic carbocycles. The van der Waals surface area contributed by atoms with E-state index >= 15 is 0 Å². The SMILES string of the molecule is O=C(NC1CC1)c1ccc(-c2csc(NC(=O)C3CSC(c4ccccn4)N3C(=O)OCc3ccccc3)n2)cc1. The Morgan fingerprint density at radius 3 is 2.49 bits per heavy atom. The predicted octanol–water partition coefficient (Wildman–Crippen LogP) is 5.49. The molecule has 2 fully saturated rings. The van der Waals surface area contributed by atoms with Gasteiger partial charge in [-0.3, -0.25) is 19.5 Å². The number of thioether (sulfide) groups is 1. The summed E-state index contributed by atoms with van der Waals surface area (Å²) in [4.78, 5) is 49.6. The van der Waals surface area contributed by atoms with Gasteiger partial charge in [0.15, 0.2) is 5.13 Å². The molecule has 1 saturated carbocycles. The summed E-state index contributed by atoms with van der Waals surface area (Å²) in [5, 5.41) is 7.67. The molecule has 0 bridgehead atoms. The Kier molecular flexibility index (Phi) is 7.97. The molecule has 1 saturated heterocycles. The van der Waals surface area contributed by atoms with Gasteiger partial charge in [-0.05, 0) is 42.7 Å². The molecule has 1 aliphatic heterocycles. The Labute approximate surface area is 245 Å². The van der Waals surface area contributed by atoms with Crippen molar-refractivity contribution in [2.45, 2.75) is 36.9 Å². The normalized spacial score (nSPS) is 18.1. The fourth-order valence-corrected chi connectivity index (χ4v) is 6.52. The standard InChI is InChI=1S/C30H27N5O4S2/c36-26(32-22-13-14-22)21-11-9-20(10-12-21)24-17-41-29(33-24)34-27(37)25-18-40-28(23-8-4-5-15-31-23)35(25)30(38)39-16-19-6-2-1-3-7-19/h1-12,15,17,22,25,28H,13-14,16,18H2,(H,32,36)(H,33,34,37). The molecular weight excluding hydrogens is 558 g/mol. The molecule has 2 aromatic heterocycles. The predicted molar refractivity (Wildman–Crippen MR) is 158 cm³/mol. The third-order valence-corrected chi connectivity index (χ3v) is 8.80. The number of amides is 3. The van der Waals surface area contributed by atoms with E-state index in [9.17, 15) is 14.4 Å². The van der Waals surface area contributed by atoms with E-state index < -0.39 is 17.5 Å². The van der Waals surface area contributed by atoms with Crippen LogP contribution in [-0.4, -0.2) is 50.6 Å². The van der Waals surface area contributed by atoms with Gasteiger partial charge in [0.05, 0.1) is 11.4 Å². The molecule has 0 spiro atoms. The molecule has 3 amide bonds. The second kappa shape index (κ2) is 12.1. The largest absolute Gasteiger partial charge is 0.444 e. The minimum absolute atomic E-state index is 0.0735. The van der Waals surface area contributed by atoms with Crippen molar-refractivity contribution < 1.29 is 19.1 Å². The minimum atomic E-state index is -0.771. The lowest BCUT2D eigenvalue weighted by Gasteiger charge is -2.27. The number of ether oxygens (including phenoxy) is 1. The maximum atomic E-state index is 13.5. The van der Waals surface area contributed by atoms with Crippen molar-refractivity contribution in [1.82, 2.24) is 20.2 Å². The van der Waals surface area contributed by atoms with Crippen molar-refractivity contribution in [3.05, 3.63) is 101 Å². The molecule has 11 heteroatoms. The molecule has 2 aliphatic rings. The molecular formula is C30H27N5O4S2. The number of pyridine rings is 1. The topological polar surface area (TPSA) is 114 Å². The summed E-state index contributed by atoms with van der Waals surface area (Å²) in [5.74, 6) is -0.0352. The summed E-state index contributed by atoms with van der Waals surface area (Å²) < 4.78 is 5.63. The van der Waals surface area contributed by atoms with Crippen LogP contribution in [0.25, 0.3) is 11.3 Å². The molecule has 3 heterocycles. The van der Waals surface area contributed by atoms with Gasteiger partial charge in [-0.2, -0.15) is 0 Å². The smallest absolute Gasteiger partial charge is 0.412 e. The second-order valence-electron chi connectivity index (χ2n) is 9.76. The van der Waals surface area contributed by atoms with Crippen LogP contribution in [0.3, 0.4) is 0 Å². The minimum Gasteiger partial charge on any atom is -0.444 e. The summed E-state index contributed by atoms with van der Waals surface area (Å²) >= 11 is 2.76. The second-order valence-corrected chi connectivity index (χ2v) is 11.7. The van der Waals surface area contributed by atoms with E-state index in [1.807, 2.05) is 66.0 Å². The number of benzene rings is 2. The van der Waals surface area contributed by atoms with E-state index in [2.05, 4.69) is 20.6 Å². The lowest BCUT2D eigenvalue weighted by Crippen LogP contribution is -2.45. The van der Waals surface area contributed by atoms with Gasteiger partial charge in [0.2, 0.25) is 5.91 Å². The monoisotopic (exact) mass is 585 g/mol. The van der Waals surface area contributed by atoms with Crippen LogP contribution in [0.15, 0.2) is 84.4 Å². The van der Waals surface area contributed by atoms with Crippen LogP contribution in [0.4, 0.5) is 9.93 Å². The maximum absolute atomic E-state index is 13.5. The summed E-state index contributed by atoms with van der Waals surface area (Å²) in [6, 6.07) is 21.7. The van der Waals surface area contributed by atoms with Crippen LogP contribution in [-0.2, 0) is 16.1 Å². The van der Waals surface area contributed by atoms with Crippen molar-refractivity contribution in [3.8, 4) is 11.3 Å². The highest BCUT2D eigenvalue weighted by atomic mass is 32.2. The zero-order chi connectivity index (χ0) is 28.2. The van der Waals surface area contributed by atoms with Crippen LogP contribution in [0.1, 0.15) is 39.8 Å². The first-order chi connectivity index (χ1) is 20.0. The maximum Gasteiger partial charge on any atom is 0.412 e. The average Bonchev–Trinajstić information content (AvgIpc) is 3.51. The van der Waals surface area contributed by atoms with Crippen molar-refractivity contribution in [3.63, 3.8) is 0 Å². The first-order valence-corrected chi connectivity index (χ1v) is 15.2. The van der Waals surface area contributed by atoms with Gasteiger partial charge in [0.1, 0.15) is 18.0 Å². The number of carbonyl (C=O) groups excluding carboxylic acids is 3. The van der Waals surface area contributed by atoms with E-state index in [0.717, 1.165) is 24.0 Å². The van der Waals surface area contributed by atoms with Crippen molar-refractivity contribution in [2.75, 3.05) is 11.1 Å². The zero-order valence-corrected chi connectivity index (χ0v) is 23.6. The molecule has 208 valence electrons. The molecule has 2 N–H and O–H groups in total. The van der Waals surface area contributed by atoms with E-state index in [-0.39, 0.29) is 18.4 Å². The van der Waals surface area contributed by atoms with Gasteiger partial charge in [0.25, 0.3) is 5.91 Å². The quantitative estimate of drug-likeness (QED) is 0.281. The van der Waals surface area contributed by atoms with Crippen molar-refractivity contribution >= 4 is 46.1 Å². The first-order valence-electron chi connectivity index (χ1n) is 13.2. The third kappa shape index (κ3) is 6.41. The molecule has 9 nitrogen and oxygen atoms in total. The van der Waals surface area contributed by atoms with Crippen LogP contribution in [0.5, 0.6) is 0 Å². The van der Waals surface area contributed by atoms with E-state index in [4.69, 9.17) is 4.74 Å². The number of hydrogen-bond acceptors (Lipinski definition) is 8. The summed E-state index contributed by atoms with van der Waals surface area (Å²) in [6.45, 7) is 0.0982. The zero-order valence-electron chi connectivity index (χ0n) is 21.9. The molecule has 2 unspecified atom stereocenters. The number of aromatic nitrogens is 2. The lowest BCUT2D eigenvalue weighted by molar-refractivity contribution is -0.120. The number of nitrogens with one attached hydrogen (secondary N) is 2. The molecule has 2 atom stereocenters. The summed E-state index contributed by atoms with van der Waals surface area (Å²) in [7, 11) is 0. The van der Waals surface area contributed by atoms with Crippen LogP contribution < -0.4 is 10.6 Å². The van der Waals surface area contributed by atoms with E-state index in [1.54, 1.807) is 18.3 Å². The molecule has 6 rings (SSSR count). The van der Waals surface area contributed by atoms with Gasteiger partial charge in [-0.15, -0.1) is 23.1 Å². The number of nitrogens with zero attached hydrogens (tertiary/aromatic N) is 3. The van der Waals surface area contributed by atoms with Gasteiger partial charge in [-0.1, -0.05) is 48.5 Å². The Hall–Kier alpha value is -4.22. The number of carbonyl (C=O) groups is 3. The van der Waals surface area contributed by atoms with Crippen LogP contribution in [0.2, 0.25) is 0 Å². The summed E-state index contributed by atoms with van der Waals surface area (Å²) in [5.41, 5.74) is 3.66. The van der Waals surface area contributed by atoms with Gasteiger partial charge < -0.3 is 15.4 Å². The fraction of sp³-hybridized carbons (Fsp3) is 0.233. The molecule has 2 aromatic carbocycles. The number of rotatable bonds is 8. The Morgan fingerprint density at radius 2 is 1.76 bits per heavy atom. The summed E-state index contributed by atoms with van der Waals surface area (Å²) in [6.07, 6.45) is 3.15. The molecule has 4 aromatic rings. The number of anilines is 1. The Balaban J connectivity index is 1.14. The molecule has 0 radical (unpaired) electrons. The van der Waals surface area contributed by atoms with Gasteiger partial charge >= 0.3 is 6.09 Å².